The summed E-state index contributed by atoms with van der Waals surface area (Å²) < 4.78 is 2.12. The Hall–Kier alpha value is -1.82. The van der Waals surface area contributed by atoms with E-state index in [2.05, 4.69) is 25.5 Å². The molecule has 22 heavy (non-hydrogen) atoms. The number of rotatable bonds is 6. The molecule has 0 saturated carbocycles. The highest BCUT2D eigenvalue weighted by Gasteiger charge is 2.15. The number of aromatic nitrogens is 3. The van der Waals surface area contributed by atoms with Crippen LogP contribution < -0.4 is 0 Å². The molecule has 2 aromatic heterocycles. The van der Waals surface area contributed by atoms with Crippen molar-refractivity contribution in [3.05, 3.63) is 48.8 Å². The summed E-state index contributed by atoms with van der Waals surface area (Å²) in [6, 6.07) is 4.12. The maximum Gasteiger partial charge on any atom is 0.159 e. The van der Waals surface area contributed by atoms with Crippen LogP contribution in [0.3, 0.4) is 0 Å². The highest BCUT2D eigenvalue weighted by atomic mass is 32.2. The summed E-state index contributed by atoms with van der Waals surface area (Å²) in [6.07, 6.45) is 11.7. The lowest BCUT2D eigenvalue weighted by Crippen LogP contribution is -2.31. The van der Waals surface area contributed by atoms with Gasteiger partial charge in [-0.15, -0.1) is 0 Å². The zero-order chi connectivity index (χ0) is 15.0. The molecule has 0 bridgehead atoms. The number of amidine groups is 1. The molecule has 3 rings (SSSR count). The maximum atomic E-state index is 4.71. The van der Waals surface area contributed by atoms with Crippen molar-refractivity contribution in [2.45, 2.75) is 25.9 Å². The van der Waals surface area contributed by atoms with Gasteiger partial charge in [-0.2, -0.15) is 0 Å². The van der Waals surface area contributed by atoms with Gasteiger partial charge in [-0.3, -0.25) is 9.98 Å². The van der Waals surface area contributed by atoms with E-state index >= 15 is 0 Å². The van der Waals surface area contributed by atoms with Crippen LogP contribution in [0.25, 0.3) is 0 Å². The van der Waals surface area contributed by atoms with Crippen molar-refractivity contribution in [2.24, 2.45) is 4.99 Å². The molecule has 1 aliphatic rings. The van der Waals surface area contributed by atoms with Crippen LogP contribution in [0.2, 0.25) is 0 Å². The van der Waals surface area contributed by atoms with Crippen molar-refractivity contribution in [3.8, 4) is 0 Å². The smallest absolute Gasteiger partial charge is 0.159 e. The molecule has 0 radical (unpaired) electrons. The Morgan fingerprint density at radius 2 is 2.27 bits per heavy atom. The molecule has 0 amide bonds. The van der Waals surface area contributed by atoms with Gasteiger partial charge in [0, 0.05) is 56.7 Å². The molecule has 0 fully saturated rings. The number of hydrogen-bond donors (Lipinski definition) is 0. The van der Waals surface area contributed by atoms with Crippen LogP contribution in [0.4, 0.5) is 0 Å². The standard InChI is InChI=1S/C16H21N5S/c1-4-15(12-17-5-1)13-21(16-19-6-2-11-22-16)9-3-8-20-10-7-18-14-20/h1,4-5,7,10,12,14H,2-3,6,8-9,11,13H2. The molecular formula is C16H21N5S. The highest BCUT2D eigenvalue weighted by Crippen LogP contribution is 2.18. The van der Waals surface area contributed by atoms with Gasteiger partial charge in [0.2, 0.25) is 0 Å². The molecular weight excluding hydrogens is 294 g/mol. The zero-order valence-electron chi connectivity index (χ0n) is 12.6. The molecule has 1 aliphatic heterocycles. The lowest BCUT2D eigenvalue weighted by Gasteiger charge is -2.27. The van der Waals surface area contributed by atoms with Gasteiger partial charge < -0.3 is 9.47 Å². The number of pyridine rings is 1. The molecule has 5 nitrogen and oxygen atoms in total. The Bertz CT molecular complexity index is 582. The Morgan fingerprint density at radius 3 is 3.00 bits per heavy atom. The van der Waals surface area contributed by atoms with Gasteiger partial charge in [-0.25, -0.2) is 4.98 Å². The Morgan fingerprint density at radius 1 is 1.27 bits per heavy atom. The number of aliphatic imine (C=N–C) groups is 1. The van der Waals surface area contributed by atoms with Crippen LogP contribution in [0.1, 0.15) is 18.4 Å². The van der Waals surface area contributed by atoms with E-state index in [4.69, 9.17) is 4.99 Å². The van der Waals surface area contributed by atoms with Crippen molar-refractivity contribution in [2.75, 3.05) is 18.8 Å². The Kier molecular flexibility index (Phi) is 5.48. The molecule has 0 aliphatic carbocycles. The van der Waals surface area contributed by atoms with Gasteiger partial charge in [0.05, 0.1) is 6.33 Å². The van der Waals surface area contributed by atoms with Crippen molar-refractivity contribution in [1.29, 1.82) is 0 Å². The van der Waals surface area contributed by atoms with Gasteiger partial charge in [0.1, 0.15) is 0 Å². The van der Waals surface area contributed by atoms with Gasteiger partial charge in [-0.1, -0.05) is 17.8 Å². The highest BCUT2D eigenvalue weighted by molar-refractivity contribution is 8.13. The van der Waals surface area contributed by atoms with E-state index in [1.165, 1.54) is 22.9 Å². The van der Waals surface area contributed by atoms with E-state index < -0.39 is 0 Å². The van der Waals surface area contributed by atoms with Crippen LogP contribution in [0, 0.1) is 0 Å². The van der Waals surface area contributed by atoms with Gasteiger partial charge in [0.15, 0.2) is 5.17 Å². The molecule has 116 valence electrons. The normalized spacial score (nSPS) is 14.6. The van der Waals surface area contributed by atoms with Crippen LogP contribution in [-0.4, -0.2) is 43.4 Å². The number of thioether (sulfide) groups is 1. The molecule has 0 unspecified atom stereocenters. The third-order valence-corrected chi connectivity index (χ3v) is 4.69. The van der Waals surface area contributed by atoms with Crippen LogP contribution in [0.5, 0.6) is 0 Å². The van der Waals surface area contributed by atoms with Crippen molar-refractivity contribution < 1.29 is 0 Å². The predicted molar refractivity (Wildman–Crippen MR) is 90.9 cm³/mol. The first kappa shape index (κ1) is 15.1. The van der Waals surface area contributed by atoms with Crippen LogP contribution in [0.15, 0.2) is 48.2 Å². The summed E-state index contributed by atoms with van der Waals surface area (Å²) >= 11 is 1.87. The lowest BCUT2D eigenvalue weighted by atomic mass is 10.2. The van der Waals surface area contributed by atoms with E-state index in [9.17, 15) is 0 Å². The van der Waals surface area contributed by atoms with E-state index in [1.54, 1.807) is 0 Å². The van der Waals surface area contributed by atoms with Crippen LogP contribution >= 0.6 is 11.8 Å². The summed E-state index contributed by atoms with van der Waals surface area (Å²) in [4.78, 5) is 15.4. The Labute approximate surface area is 135 Å². The second-order valence-corrected chi connectivity index (χ2v) is 6.37. The summed E-state index contributed by atoms with van der Waals surface area (Å²) in [5.41, 5.74) is 1.24. The lowest BCUT2D eigenvalue weighted by molar-refractivity contribution is 0.395. The summed E-state index contributed by atoms with van der Waals surface area (Å²) in [6.45, 7) is 3.82. The Balaban J connectivity index is 1.61. The van der Waals surface area contributed by atoms with Crippen molar-refractivity contribution >= 4 is 16.9 Å². The second kappa shape index (κ2) is 7.98. The minimum Gasteiger partial charge on any atom is -0.347 e. The van der Waals surface area contributed by atoms with Crippen molar-refractivity contribution in [3.63, 3.8) is 0 Å². The van der Waals surface area contributed by atoms with Gasteiger partial charge >= 0.3 is 0 Å². The monoisotopic (exact) mass is 315 g/mol. The van der Waals surface area contributed by atoms with E-state index in [1.807, 2.05) is 48.9 Å². The maximum absolute atomic E-state index is 4.71. The first-order valence-electron chi connectivity index (χ1n) is 7.69. The first-order chi connectivity index (χ1) is 10.9. The quantitative estimate of drug-likeness (QED) is 0.822. The zero-order valence-corrected chi connectivity index (χ0v) is 13.5. The summed E-state index contributed by atoms with van der Waals surface area (Å²) in [5.74, 6) is 1.17. The first-order valence-corrected chi connectivity index (χ1v) is 8.67. The largest absolute Gasteiger partial charge is 0.347 e. The number of hydrogen-bond acceptors (Lipinski definition) is 5. The average Bonchev–Trinajstić information content (AvgIpc) is 3.09. The molecule has 2 aromatic rings. The molecule has 0 spiro atoms. The van der Waals surface area contributed by atoms with Gasteiger partial charge in [-0.05, 0) is 24.5 Å². The van der Waals surface area contributed by atoms with Crippen molar-refractivity contribution in [1.82, 2.24) is 19.4 Å². The summed E-state index contributed by atoms with van der Waals surface area (Å²) in [5, 5.41) is 1.18. The fourth-order valence-corrected chi connectivity index (χ4v) is 3.43. The molecule has 3 heterocycles. The third kappa shape index (κ3) is 4.34. The molecule has 0 N–H and O–H groups in total. The predicted octanol–water partition coefficient (Wildman–Crippen LogP) is 2.66. The average molecular weight is 315 g/mol. The fraction of sp³-hybridized carbons (Fsp3) is 0.438. The third-order valence-electron chi connectivity index (χ3n) is 3.55. The summed E-state index contributed by atoms with van der Waals surface area (Å²) in [7, 11) is 0. The van der Waals surface area contributed by atoms with E-state index in [0.717, 1.165) is 32.6 Å². The number of nitrogens with zero attached hydrogens (tertiary/aromatic N) is 5. The molecule has 6 heteroatoms. The minimum atomic E-state index is 0.879. The number of aryl methyl sites for hydroxylation is 1. The number of imidazole rings is 1. The molecule has 0 atom stereocenters. The second-order valence-electron chi connectivity index (χ2n) is 5.30. The topological polar surface area (TPSA) is 46.3 Å². The van der Waals surface area contributed by atoms with Crippen LogP contribution in [-0.2, 0) is 13.1 Å². The fourth-order valence-electron chi connectivity index (χ4n) is 2.46. The van der Waals surface area contributed by atoms with E-state index in [0.29, 0.717) is 0 Å². The molecule has 0 saturated heterocycles. The van der Waals surface area contributed by atoms with Gasteiger partial charge in [0.25, 0.3) is 0 Å². The SMILES string of the molecule is c1cncc(CN(CCCn2ccnc2)C2=NCCCS2)c1. The molecule has 0 aromatic carbocycles. The minimum absolute atomic E-state index is 0.879. The van der Waals surface area contributed by atoms with E-state index in [-0.39, 0.29) is 0 Å².